The molecule has 0 unspecified atom stereocenters. The minimum absolute atomic E-state index is 0.0542. The molecule has 9 heteroatoms. The maximum Gasteiger partial charge on any atom is 0.315 e. The lowest BCUT2D eigenvalue weighted by molar-refractivity contribution is -0.385. The van der Waals surface area contributed by atoms with Crippen molar-refractivity contribution >= 4 is 11.7 Å². The smallest absolute Gasteiger partial charge is 0.315 e. The fourth-order valence-corrected chi connectivity index (χ4v) is 4.64. The summed E-state index contributed by atoms with van der Waals surface area (Å²) in [5.41, 5.74) is 1.61. The van der Waals surface area contributed by atoms with Crippen LogP contribution in [0.15, 0.2) is 12.1 Å². The largest absolute Gasteiger partial charge is 0.467 e. The standard InChI is InChI=1S/C21H30N4O5/c26-21(22-17-4-2-1-3-5-17)23-18-6-8-24(9-7-18)12-15-10-19(25(27)28)11-16-13-29-14-30-20(15)16/h10-11,17-18H,1-9,12-14H2,(H2,22,23,26). The van der Waals surface area contributed by atoms with Crippen LogP contribution in [0.5, 0.6) is 5.75 Å². The number of nitro benzene ring substituents is 1. The van der Waals surface area contributed by atoms with E-state index in [4.69, 9.17) is 9.47 Å². The highest BCUT2D eigenvalue weighted by Gasteiger charge is 2.26. The summed E-state index contributed by atoms with van der Waals surface area (Å²) >= 11 is 0. The molecule has 1 saturated carbocycles. The van der Waals surface area contributed by atoms with Gasteiger partial charge >= 0.3 is 6.03 Å². The molecule has 1 aromatic carbocycles. The monoisotopic (exact) mass is 418 g/mol. The molecule has 164 valence electrons. The molecule has 3 aliphatic rings. The molecule has 0 spiro atoms. The zero-order valence-electron chi connectivity index (χ0n) is 17.2. The van der Waals surface area contributed by atoms with Crippen molar-refractivity contribution in [2.75, 3.05) is 19.9 Å². The molecule has 1 aromatic rings. The van der Waals surface area contributed by atoms with Crippen molar-refractivity contribution in [1.82, 2.24) is 15.5 Å². The summed E-state index contributed by atoms with van der Waals surface area (Å²) in [6.07, 6.45) is 7.53. The van der Waals surface area contributed by atoms with Gasteiger partial charge in [0.05, 0.1) is 11.5 Å². The highest BCUT2D eigenvalue weighted by Crippen LogP contribution is 2.33. The van der Waals surface area contributed by atoms with Crippen LogP contribution in [-0.4, -0.2) is 47.8 Å². The predicted molar refractivity (Wildman–Crippen MR) is 110 cm³/mol. The zero-order chi connectivity index (χ0) is 20.9. The number of non-ortho nitro benzene ring substituents is 1. The number of urea groups is 1. The number of carbonyl (C=O) groups excluding carboxylic acids is 1. The molecule has 0 bridgehead atoms. The molecule has 1 aliphatic carbocycles. The fraction of sp³-hybridized carbons (Fsp3) is 0.667. The van der Waals surface area contributed by atoms with Gasteiger partial charge in [0.1, 0.15) is 5.75 Å². The van der Waals surface area contributed by atoms with Gasteiger partial charge in [-0.25, -0.2) is 4.79 Å². The molecule has 2 amide bonds. The number of fused-ring (bicyclic) bond motifs is 1. The first-order valence-corrected chi connectivity index (χ1v) is 10.9. The molecular formula is C21H30N4O5. The van der Waals surface area contributed by atoms with Gasteiger partial charge in [0.25, 0.3) is 5.69 Å². The van der Waals surface area contributed by atoms with E-state index >= 15 is 0 Å². The van der Waals surface area contributed by atoms with Crippen LogP contribution in [0.4, 0.5) is 10.5 Å². The number of hydrogen-bond acceptors (Lipinski definition) is 6. The van der Waals surface area contributed by atoms with Crippen LogP contribution < -0.4 is 15.4 Å². The van der Waals surface area contributed by atoms with Gasteiger partial charge in [-0.2, -0.15) is 0 Å². The van der Waals surface area contributed by atoms with Crippen molar-refractivity contribution in [2.24, 2.45) is 0 Å². The predicted octanol–water partition coefficient (Wildman–Crippen LogP) is 3.06. The van der Waals surface area contributed by atoms with Crippen molar-refractivity contribution in [3.05, 3.63) is 33.4 Å². The van der Waals surface area contributed by atoms with Crippen LogP contribution in [0.25, 0.3) is 0 Å². The average molecular weight is 418 g/mol. The second-order valence-corrected chi connectivity index (χ2v) is 8.46. The molecule has 1 saturated heterocycles. The summed E-state index contributed by atoms with van der Waals surface area (Å²) in [6.45, 7) is 2.72. The number of ether oxygens (including phenoxy) is 2. The minimum Gasteiger partial charge on any atom is -0.467 e. The summed E-state index contributed by atoms with van der Waals surface area (Å²) in [4.78, 5) is 25.5. The number of likely N-dealkylation sites (tertiary alicyclic amines) is 1. The van der Waals surface area contributed by atoms with E-state index in [1.54, 1.807) is 6.07 Å². The number of rotatable bonds is 5. The first-order valence-electron chi connectivity index (χ1n) is 10.9. The Morgan fingerprint density at radius 3 is 2.50 bits per heavy atom. The van der Waals surface area contributed by atoms with Gasteiger partial charge in [0.2, 0.25) is 0 Å². The number of piperidine rings is 1. The number of nitrogens with one attached hydrogen (secondary N) is 2. The summed E-state index contributed by atoms with van der Waals surface area (Å²) in [5, 5.41) is 17.5. The fourth-order valence-electron chi connectivity index (χ4n) is 4.64. The van der Waals surface area contributed by atoms with Gasteiger partial charge < -0.3 is 20.1 Å². The zero-order valence-corrected chi connectivity index (χ0v) is 17.2. The number of nitrogens with zero attached hydrogens (tertiary/aromatic N) is 2. The summed E-state index contributed by atoms with van der Waals surface area (Å²) < 4.78 is 10.9. The van der Waals surface area contributed by atoms with E-state index in [1.165, 1.54) is 25.3 Å². The first kappa shape index (κ1) is 20.9. The molecule has 2 aliphatic heterocycles. The molecule has 0 atom stereocenters. The van der Waals surface area contributed by atoms with E-state index in [9.17, 15) is 14.9 Å². The highest BCUT2D eigenvalue weighted by atomic mass is 16.7. The molecule has 0 aromatic heterocycles. The van der Waals surface area contributed by atoms with Crippen molar-refractivity contribution < 1.29 is 19.2 Å². The molecular weight excluding hydrogens is 388 g/mol. The van der Waals surface area contributed by atoms with E-state index in [2.05, 4.69) is 15.5 Å². The number of hydrogen-bond donors (Lipinski definition) is 2. The molecule has 0 radical (unpaired) electrons. The minimum atomic E-state index is -0.376. The van der Waals surface area contributed by atoms with Crippen LogP contribution in [-0.2, 0) is 17.9 Å². The van der Waals surface area contributed by atoms with Crippen LogP contribution >= 0.6 is 0 Å². The van der Waals surface area contributed by atoms with Crippen molar-refractivity contribution in [2.45, 2.75) is 70.2 Å². The van der Waals surface area contributed by atoms with Crippen LogP contribution in [0.1, 0.15) is 56.1 Å². The normalized spacial score (nSPS) is 20.8. The Morgan fingerprint density at radius 2 is 1.80 bits per heavy atom. The van der Waals surface area contributed by atoms with Crippen LogP contribution in [0.2, 0.25) is 0 Å². The molecule has 30 heavy (non-hydrogen) atoms. The van der Waals surface area contributed by atoms with Gasteiger partial charge in [-0.1, -0.05) is 19.3 Å². The third-order valence-corrected chi connectivity index (χ3v) is 6.24. The third-order valence-electron chi connectivity index (χ3n) is 6.24. The maximum absolute atomic E-state index is 12.3. The molecule has 2 N–H and O–H groups in total. The maximum atomic E-state index is 12.3. The first-order chi connectivity index (χ1) is 14.6. The van der Waals surface area contributed by atoms with Crippen molar-refractivity contribution in [1.29, 1.82) is 0 Å². The molecule has 2 heterocycles. The Balaban J connectivity index is 1.30. The van der Waals surface area contributed by atoms with Gasteiger partial charge in [-0.15, -0.1) is 0 Å². The molecule has 4 rings (SSSR count). The quantitative estimate of drug-likeness (QED) is 0.562. The van der Waals surface area contributed by atoms with E-state index < -0.39 is 0 Å². The topological polar surface area (TPSA) is 106 Å². The third kappa shape index (κ3) is 5.20. The number of nitro groups is 1. The van der Waals surface area contributed by atoms with Gasteiger partial charge in [0, 0.05) is 55.0 Å². The number of carbonyl (C=O) groups is 1. The van der Waals surface area contributed by atoms with Gasteiger partial charge in [0.15, 0.2) is 6.79 Å². The Labute approximate surface area is 176 Å². The van der Waals surface area contributed by atoms with E-state index in [0.717, 1.165) is 49.9 Å². The second-order valence-electron chi connectivity index (χ2n) is 8.46. The van der Waals surface area contributed by atoms with Crippen molar-refractivity contribution in [3.63, 3.8) is 0 Å². The lowest BCUT2D eigenvalue weighted by Gasteiger charge is -2.33. The van der Waals surface area contributed by atoms with Gasteiger partial charge in [-0.05, 0) is 25.7 Å². The molecule has 2 fully saturated rings. The summed E-state index contributed by atoms with van der Waals surface area (Å²) in [5.74, 6) is 0.707. The summed E-state index contributed by atoms with van der Waals surface area (Å²) in [7, 11) is 0. The summed E-state index contributed by atoms with van der Waals surface area (Å²) in [6, 6.07) is 3.54. The Kier molecular flexibility index (Phi) is 6.69. The molecule has 9 nitrogen and oxygen atoms in total. The Hall–Kier alpha value is -2.39. The van der Waals surface area contributed by atoms with E-state index in [0.29, 0.717) is 24.9 Å². The van der Waals surface area contributed by atoms with Crippen LogP contribution in [0.3, 0.4) is 0 Å². The lowest BCUT2D eigenvalue weighted by Crippen LogP contribution is -2.50. The van der Waals surface area contributed by atoms with Gasteiger partial charge in [-0.3, -0.25) is 15.0 Å². The Bertz CT molecular complexity index is 773. The van der Waals surface area contributed by atoms with Crippen LogP contribution in [0, 0.1) is 10.1 Å². The average Bonchev–Trinajstić information content (AvgIpc) is 2.75. The lowest BCUT2D eigenvalue weighted by atomic mass is 9.96. The van der Waals surface area contributed by atoms with E-state index in [1.807, 2.05) is 0 Å². The highest BCUT2D eigenvalue weighted by molar-refractivity contribution is 5.74. The number of amides is 2. The second kappa shape index (κ2) is 9.61. The number of benzene rings is 1. The van der Waals surface area contributed by atoms with E-state index in [-0.39, 0.29) is 29.5 Å². The van der Waals surface area contributed by atoms with Crippen molar-refractivity contribution in [3.8, 4) is 5.75 Å². The Morgan fingerprint density at radius 1 is 1.10 bits per heavy atom. The SMILES string of the molecule is O=C(NC1CCCCC1)NC1CCN(Cc2cc([N+](=O)[O-])cc3c2OCOC3)CC1.